The Kier molecular flexibility index (Phi) is 14.7. The zero-order valence-electron chi connectivity index (χ0n) is 24.7. The number of ether oxygens (including phenoxy) is 2. The van der Waals surface area contributed by atoms with Crippen molar-refractivity contribution in [3.63, 3.8) is 0 Å². The highest BCUT2D eigenvalue weighted by Gasteiger charge is 2.36. The number of carbonyl (C=O) groups is 5. The van der Waals surface area contributed by atoms with Gasteiger partial charge in [-0.25, -0.2) is 4.79 Å². The highest BCUT2D eigenvalue weighted by Crippen LogP contribution is 2.25. The summed E-state index contributed by atoms with van der Waals surface area (Å²) in [6, 6.07) is 5.15. The number of nitrogens with one attached hydrogen (secondary N) is 2. The van der Waals surface area contributed by atoms with Crippen LogP contribution < -0.4 is 16.4 Å². The molecule has 0 bridgehead atoms. The molecule has 0 radical (unpaired) electrons. The molecule has 2 atom stereocenters. The fraction of sp³-hybridized carbons (Fsp3) is 0.621. The number of esters is 1. The van der Waals surface area contributed by atoms with E-state index < -0.39 is 47.5 Å². The molecule has 0 heterocycles. The second-order valence-electron chi connectivity index (χ2n) is 10.4. The monoisotopic (exact) mass is 562 g/mol. The summed E-state index contributed by atoms with van der Waals surface area (Å²) in [5.41, 5.74) is 6.16. The average Bonchev–Trinajstić information content (AvgIpc) is 2.87. The predicted molar refractivity (Wildman–Crippen MR) is 151 cm³/mol. The molecule has 11 nitrogen and oxygen atoms in total. The fourth-order valence-electron chi connectivity index (χ4n) is 3.92. The maximum Gasteiger partial charge on any atom is 0.408 e. The molecule has 0 fully saturated rings. The van der Waals surface area contributed by atoms with E-state index in [1.54, 1.807) is 39.8 Å². The van der Waals surface area contributed by atoms with E-state index in [0.29, 0.717) is 12.0 Å². The molecule has 1 aromatic rings. The number of carbonyl (C=O) groups excluding carboxylic acids is 5. The summed E-state index contributed by atoms with van der Waals surface area (Å²) in [4.78, 5) is 65.0. The summed E-state index contributed by atoms with van der Waals surface area (Å²) in [7, 11) is 0. The van der Waals surface area contributed by atoms with Gasteiger partial charge in [-0.05, 0) is 58.1 Å². The lowest BCUT2D eigenvalue weighted by Gasteiger charge is -2.34. The molecule has 1 aromatic carbocycles. The van der Waals surface area contributed by atoms with E-state index in [2.05, 4.69) is 10.6 Å². The number of unbranched alkanes of at least 4 members (excludes halogenated alkanes) is 1. The molecule has 4 N–H and O–H groups in total. The van der Waals surface area contributed by atoms with Crippen molar-refractivity contribution in [1.82, 2.24) is 15.5 Å². The van der Waals surface area contributed by atoms with Crippen LogP contribution in [0.25, 0.3) is 0 Å². The molecular formula is C29H46N4O7. The summed E-state index contributed by atoms with van der Waals surface area (Å²) in [5, 5.41) is 5.32. The fourth-order valence-corrected chi connectivity index (χ4v) is 3.92. The van der Waals surface area contributed by atoms with Crippen LogP contribution in [0.3, 0.4) is 0 Å². The molecule has 0 aromatic heterocycles. The summed E-state index contributed by atoms with van der Waals surface area (Å²) in [6.07, 6.45) is 1.04. The van der Waals surface area contributed by atoms with Gasteiger partial charge in [0.1, 0.15) is 17.7 Å². The van der Waals surface area contributed by atoms with E-state index in [-0.39, 0.29) is 39.0 Å². The van der Waals surface area contributed by atoms with E-state index in [1.165, 1.54) is 4.90 Å². The largest absolute Gasteiger partial charge is 0.466 e. The molecule has 224 valence electrons. The first kappa shape index (κ1) is 34.4. The number of aryl methyl sites for hydroxylation is 1. The molecule has 2 unspecified atom stereocenters. The number of nitrogens with two attached hydrogens (primary N) is 1. The molecule has 0 aliphatic heterocycles. The number of rotatable bonds is 16. The maximum atomic E-state index is 14.0. The second kappa shape index (κ2) is 17.1. The minimum Gasteiger partial charge on any atom is -0.466 e. The van der Waals surface area contributed by atoms with Crippen molar-refractivity contribution >= 4 is 29.8 Å². The first-order chi connectivity index (χ1) is 18.8. The molecule has 0 saturated heterocycles. The Balaban J connectivity index is 3.43. The van der Waals surface area contributed by atoms with E-state index in [0.717, 1.165) is 18.4 Å². The summed E-state index contributed by atoms with van der Waals surface area (Å²) >= 11 is 0. The van der Waals surface area contributed by atoms with Crippen molar-refractivity contribution in [2.45, 2.75) is 97.8 Å². The molecule has 4 amide bonds. The van der Waals surface area contributed by atoms with Crippen molar-refractivity contribution in [3.8, 4) is 0 Å². The maximum absolute atomic E-state index is 14.0. The van der Waals surface area contributed by atoms with Crippen LogP contribution in [0.4, 0.5) is 4.79 Å². The molecule has 40 heavy (non-hydrogen) atoms. The van der Waals surface area contributed by atoms with Gasteiger partial charge in [-0.3, -0.25) is 19.2 Å². The number of hydrogen-bond acceptors (Lipinski definition) is 7. The molecule has 0 aliphatic carbocycles. The lowest BCUT2D eigenvalue weighted by molar-refractivity contribution is -0.144. The van der Waals surface area contributed by atoms with Gasteiger partial charge in [-0.15, -0.1) is 0 Å². The van der Waals surface area contributed by atoms with Gasteiger partial charge in [0.05, 0.1) is 13.0 Å². The van der Waals surface area contributed by atoms with Crippen molar-refractivity contribution in [1.29, 1.82) is 0 Å². The third-order valence-electron chi connectivity index (χ3n) is 5.90. The minimum atomic E-state index is -1.16. The van der Waals surface area contributed by atoms with E-state index in [1.807, 2.05) is 26.0 Å². The van der Waals surface area contributed by atoms with Gasteiger partial charge in [0.15, 0.2) is 0 Å². The van der Waals surface area contributed by atoms with Crippen LogP contribution in [0.15, 0.2) is 24.3 Å². The number of hydrogen-bond donors (Lipinski definition) is 3. The third kappa shape index (κ3) is 12.5. The number of alkyl carbamates (subject to hydrolysis) is 1. The quantitative estimate of drug-likeness (QED) is 0.261. The van der Waals surface area contributed by atoms with E-state index >= 15 is 0 Å². The zero-order chi connectivity index (χ0) is 30.3. The number of primary amides is 1. The van der Waals surface area contributed by atoms with E-state index in [4.69, 9.17) is 15.2 Å². The van der Waals surface area contributed by atoms with Gasteiger partial charge < -0.3 is 30.7 Å². The highest BCUT2D eigenvalue weighted by molar-refractivity contribution is 5.92. The molecule has 0 saturated carbocycles. The summed E-state index contributed by atoms with van der Waals surface area (Å²) in [6.45, 7) is 11.2. The van der Waals surface area contributed by atoms with Crippen LogP contribution in [-0.4, -0.2) is 66.0 Å². The van der Waals surface area contributed by atoms with Gasteiger partial charge in [0.2, 0.25) is 17.7 Å². The normalized spacial score (nSPS) is 12.6. The topological polar surface area (TPSA) is 157 Å². The SMILES string of the molecule is CCCCN(C(=O)C(CCC(N)=O)NC(=O)OC(C)(C)C)C(C(=O)NCCC(=O)OCC)c1ccc(CC)cc1. The molecule has 1 rings (SSSR count). The van der Waals surface area contributed by atoms with Gasteiger partial charge in [0.25, 0.3) is 0 Å². The number of amides is 4. The third-order valence-corrected chi connectivity index (χ3v) is 5.90. The Hall–Kier alpha value is -3.63. The second-order valence-corrected chi connectivity index (χ2v) is 10.4. The first-order valence-electron chi connectivity index (χ1n) is 13.9. The minimum absolute atomic E-state index is 0.0224. The van der Waals surface area contributed by atoms with Crippen LogP contribution in [0.2, 0.25) is 0 Å². The standard InChI is InChI=1S/C29H46N4O7/c1-7-10-19-33(27(37)22(15-16-23(30)34)32-28(38)40-29(4,5)6)25(21-13-11-20(8-2)12-14-21)26(36)31-18-17-24(35)39-9-3/h11-14,22,25H,7-10,15-19H2,1-6H3,(H2,30,34)(H,31,36)(H,32,38). The number of nitrogens with zero attached hydrogens (tertiary/aromatic N) is 1. The number of benzene rings is 1. The summed E-state index contributed by atoms with van der Waals surface area (Å²) in [5.74, 6) is -2.11. The van der Waals surface area contributed by atoms with Crippen LogP contribution in [0.1, 0.15) is 90.8 Å². The van der Waals surface area contributed by atoms with Crippen molar-refractivity contribution in [2.75, 3.05) is 19.7 Å². The Morgan fingerprint density at radius 1 is 1.00 bits per heavy atom. The molecule has 11 heteroatoms. The van der Waals surface area contributed by atoms with Crippen LogP contribution in [0.5, 0.6) is 0 Å². The molecule has 0 spiro atoms. The van der Waals surface area contributed by atoms with Crippen LogP contribution in [-0.2, 0) is 35.1 Å². The Morgan fingerprint density at radius 2 is 1.65 bits per heavy atom. The average molecular weight is 563 g/mol. The highest BCUT2D eigenvalue weighted by atomic mass is 16.6. The predicted octanol–water partition coefficient (Wildman–Crippen LogP) is 3.15. The lowest BCUT2D eigenvalue weighted by Crippen LogP contribution is -2.53. The zero-order valence-corrected chi connectivity index (χ0v) is 24.7. The van der Waals surface area contributed by atoms with Gasteiger partial charge in [-0.1, -0.05) is 44.5 Å². The summed E-state index contributed by atoms with van der Waals surface area (Å²) < 4.78 is 10.3. The Bertz CT molecular complexity index is 989. The van der Waals surface area contributed by atoms with Crippen LogP contribution >= 0.6 is 0 Å². The van der Waals surface area contributed by atoms with Crippen LogP contribution in [0, 0.1) is 0 Å². The lowest BCUT2D eigenvalue weighted by atomic mass is 9.99. The molecular weight excluding hydrogens is 516 g/mol. The van der Waals surface area contributed by atoms with Crippen molar-refractivity contribution in [3.05, 3.63) is 35.4 Å². The smallest absolute Gasteiger partial charge is 0.408 e. The first-order valence-corrected chi connectivity index (χ1v) is 13.9. The van der Waals surface area contributed by atoms with Crippen molar-refractivity contribution in [2.24, 2.45) is 5.73 Å². The van der Waals surface area contributed by atoms with Gasteiger partial charge in [0, 0.05) is 19.5 Å². The van der Waals surface area contributed by atoms with Gasteiger partial charge >= 0.3 is 12.1 Å². The van der Waals surface area contributed by atoms with Crippen molar-refractivity contribution < 1.29 is 33.4 Å². The Labute approximate surface area is 237 Å². The van der Waals surface area contributed by atoms with Gasteiger partial charge in [-0.2, -0.15) is 0 Å². The molecule has 0 aliphatic rings. The Morgan fingerprint density at radius 3 is 2.17 bits per heavy atom. The van der Waals surface area contributed by atoms with E-state index in [9.17, 15) is 24.0 Å².